The molecular weight excluding hydrogens is 220 g/mol. The van der Waals surface area contributed by atoms with E-state index in [1.54, 1.807) is 4.90 Å². The van der Waals surface area contributed by atoms with Crippen LogP contribution in [0.5, 0.6) is 6.01 Å². The smallest absolute Gasteiger partial charge is 0.322 e. The number of anilines is 2. The molecule has 1 N–H and O–H groups in total. The van der Waals surface area contributed by atoms with Crippen molar-refractivity contribution in [3.05, 3.63) is 0 Å². The third kappa shape index (κ3) is 3.75. The van der Waals surface area contributed by atoms with E-state index in [1.807, 2.05) is 14.0 Å². The van der Waals surface area contributed by atoms with E-state index in [4.69, 9.17) is 10.00 Å². The van der Waals surface area contributed by atoms with Gasteiger partial charge in [0.1, 0.15) is 0 Å². The molecule has 0 unspecified atom stereocenters. The number of methoxy groups -OCH3 is 1. The van der Waals surface area contributed by atoms with Gasteiger partial charge in [-0.3, -0.25) is 0 Å². The second-order valence-corrected chi connectivity index (χ2v) is 3.31. The molecule has 17 heavy (non-hydrogen) atoms. The topological polar surface area (TPSA) is 87.0 Å². The Hall–Kier alpha value is -2.10. The first-order valence-electron chi connectivity index (χ1n) is 5.33. The van der Waals surface area contributed by atoms with Gasteiger partial charge in [-0.1, -0.05) is 0 Å². The normalized spacial score (nSPS) is 9.53. The third-order valence-corrected chi connectivity index (χ3v) is 2.02. The number of nitriles is 1. The quantitative estimate of drug-likeness (QED) is 0.776. The summed E-state index contributed by atoms with van der Waals surface area (Å²) in [5.41, 5.74) is 0. The maximum atomic E-state index is 8.53. The van der Waals surface area contributed by atoms with Gasteiger partial charge in [0.05, 0.1) is 19.6 Å². The van der Waals surface area contributed by atoms with Gasteiger partial charge in [-0.2, -0.15) is 20.2 Å². The van der Waals surface area contributed by atoms with Crippen LogP contribution in [0.1, 0.15) is 13.3 Å². The molecule has 0 radical (unpaired) electrons. The van der Waals surface area contributed by atoms with Crippen LogP contribution in [0.4, 0.5) is 11.9 Å². The van der Waals surface area contributed by atoms with E-state index in [1.165, 1.54) is 7.11 Å². The van der Waals surface area contributed by atoms with Gasteiger partial charge < -0.3 is 15.0 Å². The Kier molecular flexibility index (Phi) is 4.94. The first kappa shape index (κ1) is 13.0. The Labute approximate surface area is 100 Å². The zero-order valence-electron chi connectivity index (χ0n) is 10.3. The van der Waals surface area contributed by atoms with Crippen LogP contribution < -0.4 is 15.0 Å². The number of hydrogen-bond donors (Lipinski definition) is 1. The number of nitrogens with zero attached hydrogens (tertiary/aromatic N) is 5. The van der Waals surface area contributed by atoms with Crippen LogP contribution in [-0.2, 0) is 0 Å². The van der Waals surface area contributed by atoms with Gasteiger partial charge in [0.25, 0.3) is 0 Å². The molecule has 7 nitrogen and oxygen atoms in total. The highest BCUT2D eigenvalue weighted by Gasteiger charge is 2.09. The lowest BCUT2D eigenvalue weighted by Crippen LogP contribution is -2.22. The Morgan fingerprint density at radius 2 is 2.18 bits per heavy atom. The minimum Gasteiger partial charge on any atom is -0.467 e. The molecule has 1 rings (SSSR count). The predicted octanol–water partition coefficient (Wildman–Crippen LogP) is 0.662. The Bertz CT molecular complexity index is 402. The number of rotatable bonds is 6. The molecule has 0 aliphatic rings. The van der Waals surface area contributed by atoms with E-state index in [2.05, 4.69) is 26.3 Å². The van der Waals surface area contributed by atoms with Crippen molar-refractivity contribution in [1.29, 1.82) is 5.26 Å². The van der Waals surface area contributed by atoms with Crippen LogP contribution in [0.3, 0.4) is 0 Å². The van der Waals surface area contributed by atoms with Crippen molar-refractivity contribution in [3.63, 3.8) is 0 Å². The van der Waals surface area contributed by atoms with Gasteiger partial charge in [0, 0.05) is 20.1 Å². The molecule has 0 aliphatic carbocycles. The highest BCUT2D eigenvalue weighted by molar-refractivity contribution is 5.37. The summed E-state index contributed by atoms with van der Waals surface area (Å²) in [4.78, 5) is 14.2. The fourth-order valence-electron chi connectivity index (χ4n) is 1.16. The number of hydrogen-bond acceptors (Lipinski definition) is 7. The molecule has 0 saturated heterocycles. The van der Waals surface area contributed by atoms with Crippen molar-refractivity contribution in [1.82, 2.24) is 15.0 Å². The molecule has 92 valence electrons. The second-order valence-electron chi connectivity index (χ2n) is 3.31. The number of ether oxygens (including phenoxy) is 1. The van der Waals surface area contributed by atoms with E-state index in [0.29, 0.717) is 31.4 Å². The fraction of sp³-hybridized carbons (Fsp3) is 0.600. The van der Waals surface area contributed by atoms with Crippen LogP contribution in [0.15, 0.2) is 0 Å². The zero-order chi connectivity index (χ0) is 12.7. The summed E-state index contributed by atoms with van der Waals surface area (Å²) in [7, 11) is 3.33. The molecule has 1 heterocycles. The van der Waals surface area contributed by atoms with Crippen molar-refractivity contribution in [2.75, 3.05) is 37.5 Å². The first-order valence-corrected chi connectivity index (χ1v) is 5.33. The highest BCUT2D eigenvalue weighted by atomic mass is 16.5. The summed E-state index contributed by atoms with van der Waals surface area (Å²) in [5.74, 6) is 0.959. The lowest BCUT2D eigenvalue weighted by Gasteiger charge is -2.16. The first-order chi connectivity index (χ1) is 8.21. The molecule has 0 atom stereocenters. The molecule has 0 spiro atoms. The van der Waals surface area contributed by atoms with Gasteiger partial charge in [-0.15, -0.1) is 0 Å². The van der Waals surface area contributed by atoms with E-state index in [9.17, 15) is 0 Å². The summed E-state index contributed by atoms with van der Waals surface area (Å²) in [6.45, 7) is 3.24. The van der Waals surface area contributed by atoms with E-state index in [0.717, 1.165) is 0 Å². The maximum absolute atomic E-state index is 8.53. The third-order valence-electron chi connectivity index (χ3n) is 2.02. The molecule has 0 saturated carbocycles. The van der Waals surface area contributed by atoms with Crippen LogP contribution in [0, 0.1) is 11.3 Å². The van der Waals surface area contributed by atoms with Crippen molar-refractivity contribution in [3.8, 4) is 12.1 Å². The maximum Gasteiger partial charge on any atom is 0.322 e. The Morgan fingerprint density at radius 3 is 2.76 bits per heavy atom. The monoisotopic (exact) mass is 236 g/mol. The average Bonchev–Trinajstić information content (AvgIpc) is 2.35. The lowest BCUT2D eigenvalue weighted by molar-refractivity contribution is 0.379. The molecule has 0 aliphatic heterocycles. The van der Waals surface area contributed by atoms with Crippen molar-refractivity contribution < 1.29 is 4.74 Å². The van der Waals surface area contributed by atoms with Gasteiger partial charge in [-0.25, -0.2) is 0 Å². The fourth-order valence-corrected chi connectivity index (χ4v) is 1.16. The molecular formula is C10H16N6O. The molecule has 0 bridgehead atoms. The minimum atomic E-state index is 0.259. The molecule has 7 heteroatoms. The lowest BCUT2D eigenvalue weighted by atomic mass is 10.4. The largest absolute Gasteiger partial charge is 0.467 e. The molecule has 0 fully saturated rings. The van der Waals surface area contributed by atoms with Gasteiger partial charge in [0.2, 0.25) is 11.9 Å². The van der Waals surface area contributed by atoms with Gasteiger partial charge >= 0.3 is 6.01 Å². The second kappa shape index (κ2) is 6.48. The SMILES string of the molecule is CCNc1nc(OC)nc(N(C)CCC#N)n1. The Balaban J connectivity index is 2.89. The summed E-state index contributed by atoms with van der Waals surface area (Å²) >= 11 is 0. The van der Waals surface area contributed by atoms with Gasteiger partial charge in [-0.05, 0) is 6.92 Å². The standard InChI is InChI=1S/C10H16N6O/c1-4-12-8-13-9(15-10(14-8)17-3)16(2)7-5-6-11/h4-5,7H2,1-3H3,(H,12,13,14,15). The van der Waals surface area contributed by atoms with Crippen molar-refractivity contribution in [2.45, 2.75) is 13.3 Å². The summed E-state index contributed by atoms with van der Waals surface area (Å²) in [6.07, 6.45) is 0.418. The van der Waals surface area contributed by atoms with Crippen LogP contribution in [0.2, 0.25) is 0 Å². The molecule has 1 aromatic heterocycles. The highest BCUT2D eigenvalue weighted by Crippen LogP contribution is 2.13. The van der Waals surface area contributed by atoms with E-state index in [-0.39, 0.29) is 6.01 Å². The van der Waals surface area contributed by atoms with Crippen LogP contribution in [-0.4, -0.2) is 42.2 Å². The van der Waals surface area contributed by atoms with E-state index < -0.39 is 0 Å². The van der Waals surface area contributed by atoms with Crippen LogP contribution in [0.25, 0.3) is 0 Å². The summed E-state index contributed by atoms with van der Waals surface area (Å²) in [5, 5.41) is 11.5. The number of aromatic nitrogens is 3. The minimum absolute atomic E-state index is 0.259. The van der Waals surface area contributed by atoms with Crippen molar-refractivity contribution in [2.24, 2.45) is 0 Å². The molecule has 1 aromatic rings. The summed E-state index contributed by atoms with van der Waals surface area (Å²) in [6, 6.07) is 2.34. The zero-order valence-corrected chi connectivity index (χ0v) is 10.3. The number of nitrogens with one attached hydrogen (secondary N) is 1. The van der Waals surface area contributed by atoms with E-state index >= 15 is 0 Å². The van der Waals surface area contributed by atoms with Crippen molar-refractivity contribution >= 4 is 11.9 Å². The predicted molar refractivity (Wildman–Crippen MR) is 64.0 cm³/mol. The Morgan fingerprint density at radius 1 is 1.41 bits per heavy atom. The van der Waals surface area contributed by atoms with Gasteiger partial charge in [0.15, 0.2) is 0 Å². The molecule has 0 aromatic carbocycles. The molecule has 0 amide bonds. The van der Waals surface area contributed by atoms with Crippen LogP contribution >= 0.6 is 0 Å². The summed E-state index contributed by atoms with van der Waals surface area (Å²) < 4.78 is 5.00. The average molecular weight is 236 g/mol.